The van der Waals surface area contributed by atoms with Gasteiger partial charge >= 0.3 is 5.97 Å². The van der Waals surface area contributed by atoms with Crippen molar-refractivity contribution in [2.45, 2.75) is 89.1 Å². The van der Waals surface area contributed by atoms with Crippen LogP contribution in [0.15, 0.2) is 12.7 Å². The van der Waals surface area contributed by atoms with Crippen molar-refractivity contribution in [2.75, 3.05) is 31.3 Å². The van der Waals surface area contributed by atoms with Crippen molar-refractivity contribution < 1.29 is 14.3 Å². The van der Waals surface area contributed by atoms with E-state index in [-0.39, 0.29) is 10.0 Å². The largest absolute Gasteiger partial charge is 0.462 e. The molecule has 0 bridgehead atoms. The zero-order valence-electron chi connectivity index (χ0n) is 17.9. The molecule has 0 atom stereocenters. The molecule has 0 spiro atoms. The maximum Gasteiger partial charge on any atom is 0.330 e. The highest BCUT2D eigenvalue weighted by Gasteiger charge is 2.18. The average molecular weight is 419 g/mol. The summed E-state index contributed by atoms with van der Waals surface area (Å²) in [6, 6.07) is 0. The Hall–Kier alpha value is -0.130. The maximum absolute atomic E-state index is 11.0. The fraction of sp³-hybridized carbons (Fsp3) is 0.864. The Balaban J connectivity index is 3.32. The minimum Gasteiger partial charge on any atom is -0.462 e. The van der Waals surface area contributed by atoms with E-state index in [1.54, 1.807) is 0 Å². The highest BCUT2D eigenvalue weighted by Crippen LogP contribution is 2.35. The molecule has 0 aromatic carbocycles. The van der Waals surface area contributed by atoms with E-state index in [1.807, 2.05) is 23.5 Å². The monoisotopic (exact) mass is 418 g/mol. The van der Waals surface area contributed by atoms with Crippen molar-refractivity contribution >= 4 is 29.5 Å². The van der Waals surface area contributed by atoms with E-state index in [9.17, 15) is 4.79 Å². The van der Waals surface area contributed by atoms with Gasteiger partial charge in [-0.25, -0.2) is 4.79 Å². The molecule has 0 aromatic heterocycles. The lowest BCUT2D eigenvalue weighted by Gasteiger charge is -2.23. The normalized spacial score (nSPS) is 11.5. The van der Waals surface area contributed by atoms with E-state index in [0.717, 1.165) is 24.7 Å². The van der Waals surface area contributed by atoms with Gasteiger partial charge in [0.1, 0.15) is 6.61 Å². The molecule has 3 nitrogen and oxygen atoms in total. The molecule has 0 unspecified atom stereocenters. The van der Waals surface area contributed by atoms with E-state index < -0.39 is 0 Å². The molecule has 0 aromatic rings. The van der Waals surface area contributed by atoms with Crippen LogP contribution in [0.5, 0.6) is 0 Å². The molecule has 0 radical (unpaired) electrons. The van der Waals surface area contributed by atoms with Crippen LogP contribution in [0, 0.1) is 0 Å². The Morgan fingerprint density at radius 2 is 1.37 bits per heavy atom. The molecule has 0 fully saturated rings. The predicted molar refractivity (Wildman–Crippen MR) is 123 cm³/mol. The summed E-state index contributed by atoms with van der Waals surface area (Å²) in [4.78, 5) is 11.0. The van der Waals surface area contributed by atoms with Crippen molar-refractivity contribution in [2.24, 2.45) is 0 Å². The Kier molecular flexibility index (Phi) is 19.1. The standard InChI is InChI=1S/C22H42O3S2/c1-5-7-8-9-10-11-12-13-14-15-16-24-17-19-26-22(3,4)27-20-18-25-21(23)6-2/h6H,2,5,7-20H2,1,3-4H3. The van der Waals surface area contributed by atoms with E-state index in [4.69, 9.17) is 9.47 Å². The van der Waals surface area contributed by atoms with Crippen molar-refractivity contribution in [3.63, 3.8) is 0 Å². The molecular weight excluding hydrogens is 376 g/mol. The number of esters is 1. The quantitative estimate of drug-likeness (QED) is 0.0934. The smallest absolute Gasteiger partial charge is 0.330 e. The first-order chi connectivity index (χ1) is 13.0. The second-order valence-corrected chi connectivity index (χ2v) is 11.0. The summed E-state index contributed by atoms with van der Waals surface area (Å²) >= 11 is 3.72. The number of carbonyl (C=O) groups is 1. The van der Waals surface area contributed by atoms with E-state index >= 15 is 0 Å². The second kappa shape index (κ2) is 19.2. The molecule has 0 aliphatic carbocycles. The molecule has 0 N–H and O–H groups in total. The van der Waals surface area contributed by atoms with Crippen LogP contribution in [0.4, 0.5) is 0 Å². The first-order valence-corrected chi connectivity index (χ1v) is 12.6. The summed E-state index contributed by atoms with van der Waals surface area (Å²) in [5, 5.41) is 0. The van der Waals surface area contributed by atoms with Crippen LogP contribution in [0.3, 0.4) is 0 Å². The van der Waals surface area contributed by atoms with Crippen LogP contribution in [0.25, 0.3) is 0 Å². The highest BCUT2D eigenvalue weighted by molar-refractivity contribution is 8.18. The maximum atomic E-state index is 11.0. The molecule has 0 saturated heterocycles. The molecule has 0 aliphatic heterocycles. The molecule has 0 rings (SSSR count). The molecule has 27 heavy (non-hydrogen) atoms. The van der Waals surface area contributed by atoms with Crippen LogP contribution in [-0.4, -0.2) is 41.4 Å². The third-order valence-electron chi connectivity index (χ3n) is 4.26. The third kappa shape index (κ3) is 20.4. The number of ether oxygens (including phenoxy) is 2. The molecule has 0 saturated carbocycles. The summed E-state index contributed by atoms with van der Waals surface area (Å²) < 4.78 is 10.9. The van der Waals surface area contributed by atoms with Gasteiger partial charge in [-0.1, -0.05) is 71.3 Å². The van der Waals surface area contributed by atoms with Crippen LogP contribution in [0.2, 0.25) is 0 Å². The van der Waals surface area contributed by atoms with Gasteiger partial charge in [0.2, 0.25) is 0 Å². The molecule has 160 valence electrons. The van der Waals surface area contributed by atoms with Gasteiger partial charge in [0, 0.05) is 24.2 Å². The highest BCUT2D eigenvalue weighted by atomic mass is 32.2. The summed E-state index contributed by atoms with van der Waals surface area (Å²) in [5.74, 6) is 1.46. The van der Waals surface area contributed by atoms with Crippen LogP contribution < -0.4 is 0 Å². The first-order valence-electron chi connectivity index (χ1n) is 10.7. The minimum absolute atomic E-state index is 0.112. The molecular formula is C22H42O3S2. The summed E-state index contributed by atoms with van der Waals surface area (Å²) in [6.07, 6.45) is 14.8. The van der Waals surface area contributed by atoms with Crippen molar-refractivity contribution in [3.8, 4) is 0 Å². The fourth-order valence-electron chi connectivity index (χ4n) is 2.67. The number of hydrogen-bond acceptors (Lipinski definition) is 5. The van der Waals surface area contributed by atoms with Gasteiger partial charge in [0.15, 0.2) is 0 Å². The van der Waals surface area contributed by atoms with Crippen LogP contribution >= 0.6 is 23.5 Å². The third-order valence-corrected chi connectivity index (χ3v) is 7.10. The van der Waals surface area contributed by atoms with Gasteiger partial charge in [0.25, 0.3) is 0 Å². The van der Waals surface area contributed by atoms with E-state index in [2.05, 4.69) is 27.4 Å². The summed E-state index contributed by atoms with van der Waals surface area (Å²) in [6.45, 7) is 12.2. The van der Waals surface area contributed by atoms with Crippen molar-refractivity contribution in [1.82, 2.24) is 0 Å². The second-order valence-electron chi connectivity index (χ2n) is 7.26. The lowest BCUT2D eigenvalue weighted by atomic mass is 10.1. The van der Waals surface area contributed by atoms with E-state index in [1.165, 1.54) is 70.3 Å². The van der Waals surface area contributed by atoms with Crippen molar-refractivity contribution in [3.05, 3.63) is 12.7 Å². The van der Waals surface area contributed by atoms with Gasteiger partial charge in [-0.2, -0.15) is 0 Å². The molecule has 0 heterocycles. The van der Waals surface area contributed by atoms with Gasteiger partial charge in [-0.05, 0) is 20.3 Å². The number of carbonyl (C=O) groups excluding carboxylic acids is 1. The zero-order valence-corrected chi connectivity index (χ0v) is 19.6. The van der Waals surface area contributed by atoms with Gasteiger partial charge < -0.3 is 9.47 Å². The number of hydrogen-bond donors (Lipinski definition) is 0. The molecule has 5 heteroatoms. The molecule has 0 amide bonds. The topological polar surface area (TPSA) is 35.5 Å². The van der Waals surface area contributed by atoms with Crippen molar-refractivity contribution in [1.29, 1.82) is 0 Å². The zero-order chi connectivity index (χ0) is 20.2. The number of thioether (sulfide) groups is 2. The lowest BCUT2D eigenvalue weighted by Crippen LogP contribution is -2.15. The van der Waals surface area contributed by atoms with Gasteiger partial charge in [0.05, 0.1) is 10.7 Å². The number of rotatable bonds is 20. The SMILES string of the molecule is C=CC(=O)OCCSC(C)(C)SCCOCCCCCCCCCCCC. The van der Waals surface area contributed by atoms with Crippen LogP contribution in [-0.2, 0) is 14.3 Å². The lowest BCUT2D eigenvalue weighted by molar-refractivity contribution is -0.137. The molecule has 0 aliphatic rings. The summed E-state index contributed by atoms with van der Waals surface area (Å²) in [7, 11) is 0. The average Bonchev–Trinajstić information content (AvgIpc) is 2.65. The first kappa shape index (κ1) is 26.9. The Labute approximate surface area is 176 Å². The number of unbranched alkanes of at least 4 members (excludes halogenated alkanes) is 9. The predicted octanol–water partition coefficient (Wildman–Crippen LogP) is 6.86. The van der Waals surface area contributed by atoms with E-state index in [0.29, 0.717) is 6.61 Å². The van der Waals surface area contributed by atoms with Gasteiger partial charge in [-0.3, -0.25) is 0 Å². The minimum atomic E-state index is -0.346. The van der Waals surface area contributed by atoms with Crippen LogP contribution in [0.1, 0.15) is 85.0 Å². The Bertz CT molecular complexity index is 359. The summed E-state index contributed by atoms with van der Waals surface area (Å²) in [5.41, 5.74) is 0. The fourth-order valence-corrected chi connectivity index (χ4v) is 4.85. The Morgan fingerprint density at radius 1 is 0.852 bits per heavy atom. The van der Waals surface area contributed by atoms with Gasteiger partial charge in [-0.15, -0.1) is 23.5 Å². The Morgan fingerprint density at radius 3 is 1.93 bits per heavy atom.